The number of carbonyl (C=O) groups excluding carboxylic acids is 3. The number of rotatable bonds is 5. The Hall–Kier alpha value is -3.16. The van der Waals surface area contributed by atoms with Crippen LogP contribution in [0.3, 0.4) is 0 Å². The fraction of sp³-hybridized carbons (Fsp3) is 0.250. The molecule has 0 aliphatic carbocycles. The van der Waals surface area contributed by atoms with Crippen molar-refractivity contribution in [3.63, 3.8) is 0 Å². The molecule has 126 valence electrons. The zero-order chi connectivity index (χ0) is 17.7. The summed E-state index contributed by atoms with van der Waals surface area (Å²) in [7, 11) is 2.78. The number of hydrogen-bond donors (Lipinski definition) is 2. The van der Waals surface area contributed by atoms with Crippen LogP contribution in [0.1, 0.15) is 38.1 Å². The lowest BCUT2D eigenvalue weighted by molar-refractivity contribution is 0.0600. The van der Waals surface area contributed by atoms with Crippen molar-refractivity contribution >= 4 is 23.5 Å². The summed E-state index contributed by atoms with van der Waals surface area (Å²) in [6.07, 6.45) is 1.59. The van der Waals surface area contributed by atoms with Gasteiger partial charge in [-0.1, -0.05) is 0 Å². The van der Waals surface area contributed by atoms with E-state index in [4.69, 9.17) is 0 Å². The van der Waals surface area contributed by atoms with E-state index in [0.717, 1.165) is 0 Å². The van der Waals surface area contributed by atoms with Crippen molar-refractivity contribution in [2.24, 2.45) is 0 Å². The molecule has 0 saturated heterocycles. The van der Waals surface area contributed by atoms with E-state index in [-0.39, 0.29) is 5.69 Å². The summed E-state index contributed by atoms with van der Waals surface area (Å²) in [6, 6.07) is 6.00. The molecule has 8 heteroatoms. The predicted octanol–water partition coefficient (Wildman–Crippen LogP) is 1.30. The van der Waals surface area contributed by atoms with E-state index in [1.54, 1.807) is 10.9 Å². The van der Waals surface area contributed by atoms with Gasteiger partial charge in [-0.05, 0) is 31.2 Å². The first-order chi connectivity index (χ1) is 11.5. The molecule has 0 aliphatic heterocycles. The van der Waals surface area contributed by atoms with E-state index >= 15 is 0 Å². The smallest absolute Gasteiger partial charge is 0.337 e. The Morgan fingerprint density at radius 1 is 1.12 bits per heavy atom. The van der Waals surface area contributed by atoms with Crippen LogP contribution in [0.2, 0.25) is 0 Å². The number of benzene rings is 1. The van der Waals surface area contributed by atoms with Crippen molar-refractivity contribution in [2.45, 2.75) is 13.5 Å². The van der Waals surface area contributed by atoms with Crippen molar-refractivity contribution in [2.75, 3.05) is 19.5 Å². The lowest BCUT2D eigenvalue weighted by Crippen LogP contribution is -2.21. The SMILES string of the molecule is CCn1cc(NC(=O)c2ccc(C(=O)OC)cc2)c(C(=O)NC)n1. The minimum Gasteiger partial charge on any atom is -0.465 e. The Bertz CT molecular complexity index is 765. The summed E-state index contributed by atoms with van der Waals surface area (Å²) in [5.74, 6) is -1.28. The van der Waals surface area contributed by atoms with Crippen molar-refractivity contribution in [1.29, 1.82) is 0 Å². The van der Waals surface area contributed by atoms with Crippen LogP contribution < -0.4 is 10.6 Å². The first-order valence-corrected chi connectivity index (χ1v) is 7.29. The van der Waals surface area contributed by atoms with Gasteiger partial charge in [0.05, 0.1) is 18.4 Å². The first kappa shape index (κ1) is 17.2. The maximum atomic E-state index is 12.3. The molecule has 8 nitrogen and oxygen atoms in total. The van der Waals surface area contributed by atoms with Gasteiger partial charge in [0.1, 0.15) is 0 Å². The number of nitrogens with one attached hydrogen (secondary N) is 2. The van der Waals surface area contributed by atoms with Crippen LogP contribution in [0.5, 0.6) is 0 Å². The molecule has 1 aromatic heterocycles. The summed E-state index contributed by atoms with van der Waals surface area (Å²) in [5, 5.41) is 9.26. The van der Waals surface area contributed by atoms with Gasteiger partial charge in [0, 0.05) is 25.4 Å². The highest BCUT2D eigenvalue weighted by atomic mass is 16.5. The van der Waals surface area contributed by atoms with Crippen molar-refractivity contribution in [3.05, 3.63) is 47.3 Å². The second kappa shape index (κ2) is 7.40. The maximum Gasteiger partial charge on any atom is 0.337 e. The van der Waals surface area contributed by atoms with Crippen LogP contribution in [-0.2, 0) is 11.3 Å². The summed E-state index contributed by atoms with van der Waals surface area (Å²) < 4.78 is 6.16. The number of aryl methyl sites for hydroxylation is 1. The molecule has 1 aromatic carbocycles. The molecule has 1 heterocycles. The van der Waals surface area contributed by atoms with Gasteiger partial charge in [0.2, 0.25) is 0 Å². The molecular formula is C16H18N4O4. The van der Waals surface area contributed by atoms with Gasteiger partial charge in [-0.2, -0.15) is 5.10 Å². The van der Waals surface area contributed by atoms with E-state index < -0.39 is 17.8 Å². The topological polar surface area (TPSA) is 102 Å². The largest absolute Gasteiger partial charge is 0.465 e. The summed E-state index contributed by atoms with van der Waals surface area (Å²) in [5.41, 5.74) is 1.14. The highest BCUT2D eigenvalue weighted by molar-refractivity contribution is 6.08. The average molecular weight is 330 g/mol. The number of methoxy groups -OCH3 is 1. The van der Waals surface area contributed by atoms with E-state index in [0.29, 0.717) is 23.4 Å². The zero-order valence-electron chi connectivity index (χ0n) is 13.6. The van der Waals surface area contributed by atoms with Gasteiger partial charge < -0.3 is 15.4 Å². The molecule has 2 N–H and O–H groups in total. The summed E-state index contributed by atoms with van der Waals surface area (Å²) in [6.45, 7) is 2.44. The minimum absolute atomic E-state index is 0.138. The summed E-state index contributed by atoms with van der Waals surface area (Å²) >= 11 is 0. The third-order valence-corrected chi connectivity index (χ3v) is 3.34. The first-order valence-electron chi connectivity index (χ1n) is 7.29. The van der Waals surface area contributed by atoms with E-state index in [1.807, 2.05) is 6.92 Å². The fourth-order valence-corrected chi connectivity index (χ4v) is 2.03. The molecule has 0 spiro atoms. The number of aromatic nitrogens is 2. The summed E-state index contributed by atoms with van der Waals surface area (Å²) in [4.78, 5) is 35.6. The number of anilines is 1. The third kappa shape index (κ3) is 3.60. The Morgan fingerprint density at radius 3 is 2.29 bits per heavy atom. The molecule has 0 bridgehead atoms. The molecule has 2 aromatic rings. The number of esters is 1. The van der Waals surface area contributed by atoms with E-state index in [2.05, 4.69) is 20.5 Å². The van der Waals surface area contributed by atoms with Crippen molar-refractivity contribution in [3.8, 4) is 0 Å². The van der Waals surface area contributed by atoms with Crippen LogP contribution in [0, 0.1) is 0 Å². The lowest BCUT2D eigenvalue weighted by Gasteiger charge is -2.05. The fourth-order valence-electron chi connectivity index (χ4n) is 2.03. The monoisotopic (exact) mass is 330 g/mol. The molecule has 2 rings (SSSR count). The quantitative estimate of drug-likeness (QED) is 0.805. The molecule has 0 fully saturated rings. The highest BCUT2D eigenvalue weighted by Gasteiger charge is 2.18. The molecule has 0 unspecified atom stereocenters. The normalized spacial score (nSPS) is 10.1. The number of amides is 2. The van der Waals surface area contributed by atoms with Crippen molar-refractivity contribution in [1.82, 2.24) is 15.1 Å². The molecule has 0 aliphatic rings. The predicted molar refractivity (Wildman–Crippen MR) is 87.0 cm³/mol. The Morgan fingerprint density at radius 2 is 1.75 bits per heavy atom. The second-order valence-electron chi connectivity index (χ2n) is 4.85. The molecule has 0 saturated carbocycles. The van der Waals surface area contributed by atoms with E-state index in [1.165, 1.54) is 38.4 Å². The number of carbonyl (C=O) groups is 3. The second-order valence-corrected chi connectivity index (χ2v) is 4.85. The van der Waals surface area contributed by atoms with Crippen LogP contribution in [0.15, 0.2) is 30.5 Å². The Labute approximate surface area is 138 Å². The van der Waals surface area contributed by atoms with Crippen LogP contribution in [0.4, 0.5) is 5.69 Å². The molecule has 2 amide bonds. The van der Waals surface area contributed by atoms with Gasteiger partial charge in [-0.25, -0.2) is 4.79 Å². The van der Waals surface area contributed by atoms with Gasteiger partial charge in [0.25, 0.3) is 11.8 Å². The number of ether oxygens (including phenoxy) is 1. The number of nitrogens with zero attached hydrogens (tertiary/aromatic N) is 2. The Balaban J connectivity index is 2.21. The van der Waals surface area contributed by atoms with E-state index in [9.17, 15) is 14.4 Å². The average Bonchev–Trinajstić information content (AvgIpc) is 3.03. The maximum absolute atomic E-state index is 12.3. The molecule has 0 radical (unpaired) electrons. The molecular weight excluding hydrogens is 312 g/mol. The van der Waals surface area contributed by atoms with Gasteiger partial charge in [-0.15, -0.1) is 0 Å². The zero-order valence-corrected chi connectivity index (χ0v) is 13.6. The molecule has 24 heavy (non-hydrogen) atoms. The Kier molecular flexibility index (Phi) is 5.31. The van der Waals surface area contributed by atoms with Crippen LogP contribution in [-0.4, -0.2) is 41.7 Å². The van der Waals surface area contributed by atoms with Gasteiger partial charge in [-0.3, -0.25) is 14.3 Å². The minimum atomic E-state index is -0.479. The highest BCUT2D eigenvalue weighted by Crippen LogP contribution is 2.16. The van der Waals surface area contributed by atoms with Gasteiger partial charge >= 0.3 is 5.97 Å². The molecule has 0 atom stereocenters. The third-order valence-electron chi connectivity index (χ3n) is 3.34. The van der Waals surface area contributed by atoms with Crippen molar-refractivity contribution < 1.29 is 19.1 Å². The van der Waals surface area contributed by atoms with Crippen LogP contribution >= 0.6 is 0 Å². The lowest BCUT2D eigenvalue weighted by atomic mass is 10.1. The van der Waals surface area contributed by atoms with Crippen LogP contribution in [0.25, 0.3) is 0 Å². The standard InChI is InChI=1S/C16H18N4O4/c1-4-20-9-12(13(19-20)15(22)17-2)18-14(21)10-5-7-11(8-6-10)16(23)24-3/h5-9H,4H2,1-3H3,(H,17,22)(H,18,21). The van der Waals surface area contributed by atoms with Gasteiger partial charge in [0.15, 0.2) is 5.69 Å². The number of hydrogen-bond acceptors (Lipinski definition) is 5.